The summed E-state index contributed by atoms with van der Waals surface area (Å²) < 4.78 is 16.4. The first-order chi connectivity index (χ1) is 12.9. The lowest BCUT2D eigenvalue weighted by Gasteiger charge is -2.31. The van der Waals surface area contributed by atoms with Crippen LogP contribution < -0.4 is 24.8 Å². The van der Waals surface area contributed by atoms with Gasteiger partial charge in [0.05, 0.1) is 21.3 Å². The first kappa shape index (κ1) is 21.1. The van der Waals surface area contributed by atoms with E-state index in [4.69, 9.17) is 14.2 Å². The van der Waals surface area contributed by atoms with Crippen molar-refractivity contribution < 1.29 is 14.2 Å². The molecule has 2 rings (SSSR count). The molecule has 5 heteroatoms. The van der Waals surface area contributed by atoms with E-state index in [1.807, 2.05) is 18.2 Å². The highest BCUT2D eigenvalue weighted by atomic mass is 16.5. The molecule has 2 aromatic carbocycles. The minimum atomic E-state index is -0.0704. The highest BCUT2D eigenvalue weighted by Crippen LogP contribution is 2.39. The van der Waals surface area contributed by atoms with Gasteiger partial charge in [0.1, 0.15) is 0 Å². The minimum absolute atomic E-state index is 0.0704. The third-order valence-electron chi connectivity index (χ3n) is 4.57. The first-order valence-corrected chi connectivity index (χ1v) is 9.23. The van der Waals surface area contributed by atoms with Crippen LogP contribution in [0.15, 0.2) is 42.5 Å². The second kappa shape index (κ2) is 9.62. The Morgan fingerprint density at radius 3 is 2.15 bits per heavy atom. The summed E-state index contributed by atoms with van der Waals surface area (Å²) in [7, 11) is 4.89. The lowest BCUT2D eigenvalue weighted by molar-refractivity contribution is 0.316. The van der Waals surface area contributed by atoms with E-state index < -0.39 is 0 Å². The molecule has 0 fully saturated rings. The van der Waals surface area contributed by atoms with Gasteiger partial charge in [-0.3, -0.25) is 0 Å². The number of benzene rings is 2. The van der Waals surface area contributed by atoms with Crippen molar-refractivity contribution in [2.45, 2.75) is 38.9 Å². The number of hydrogen-bond donors (Lipinski definition) is 2. The van der Waals surface area contributed by atoms with Crippen molar-refractivity contribution in [1.82, 2.24) is 10.6 Å². The molecule has 0 aliphatic carbocycles. The molecule has 0 radical (unpaired) electrons. The predicted molar refractivity (Wildman–Crippen MR) is 110 cm³/mol. The topological polar surface area (TPSA) is 51.8 Å². The molecule has 0 aromatic heterocycles. The fourth-order valence-electron chi connectivity index (χ4n) is 3.27. The standard InChI is InChI=1S/C22H32N2O3/c1-16(17-10-8-7-9-11-17)24-22(2,3)15-23-14-18-12-13-19(25-4)21(27-6)20(18)26-5/h7-13,16,23-24H,14-15H2,1-6H3. The molecule has 0 aliphatic heterocycles. The van der Waals surface area contributed by atoms with Crippen LogP contribution >= 0.6 is 0 Å². The van der Waals surface area contributed by atoms with E-state index >= 15 is 0 Å². The molecule has 0 amide bonds. The summed E-state index contributed by atoms with van der Waals surface area (Å²) in [6.07, 6.45) is 0. The minimum Gasteiger partial charge on any atom is -0.493 e. The van der Waals surface area contributed by atoms with Crippen molar-refractivity contribution in [3.8, 4) is 17.2 Å². The van der Waals surface area contributed by atoms with Crippen LogP contribution in [0.1, 0.15) is 37.9 Å². The third-order valence-corrected chi connectivity index (χ3v) is 4.57. The zero-order chi connectivity index (χ0) is 19.9. The van der Waals surface area contributed by atoms with Crippen LogP contribution in [0, 0.1) is 0 Å². The van der Waals surface area contributed by atoms with E-state index in [0.717, 1.165) is 12.1 Å². The van der Waals surface area contributed by atoms with Crippen molar-refractivity contribution in [3.63, 3.8) is 0 Å². The molecule has 0 bridgehead atoms. The van der Waals surface area contributed by atoms with E-state index in [2.05, 4.69) is 55.7 Å². The van der Waals surface area contributed by atoms with Crippen molar-refractivity contribution in [3.05, 3.63) is 53.6 Å². The Kier molecular flexibility index (Phi) is 7.51. The van der Waals surface area contributed by atoms with Gasteiger partial charge in [-0.05, 0) is 32.4 Å². The van der Waals surface area contributed by atoms with Gasteiger partial charge < -0.3 is 24.8 Å². The Hall–Kier alpha value is -2.24. The summed E-state index contributed by atoms with van der Waals surface area (Å²) in [6, 6.07) is 14.7. The van der Waals surface area contributed by atoms with Gasteiger partial charge in [0, 0.05) is 30.2 Å². The average molecular weight is 373 g/mol. The highest BCUT2D eigenvalue weighted by Gasteiger charge is 2.21. The Bertz CT molecular complexity index is 717. The maximum absolute atomic E-state index is 5.55. The van der Waals surface area contributed by atoms with Gasteiger partial charge in [0.25, 0.3) is 0 Å². The molecule has 2 aromatic rings. The normalized spacial score (nSPS) is 12.5. The molecule has 2 N–H and O–H groups in total. The van der Waals surface area contributed by atoms with Crippen LogP contribution in [0.4, 0.5) is 0 Å². The summed E-state index contributed by atoms with van der Waals surface area (Å²) in [5.41, 5.74) is 2.24. The number of nitrogens with one attached hydrogen (secondary N) is 2. The van der Waals surface area contributed by atoms with Gasteiger partial charge in [0.15, 0.2) is 11.5 Å². The highest BCUT2D eigenvalue weighted by molar-refractivity contribution is 5.55. The van der Waals surface area contributed by atoms with Gasteiger partial charge in [0.2, 0.25) is 5.75 Å². The van der Waals surface area contributed by atoms with Crippen molar-refractivity contribution >= 4 is 0 Å². The quantitative estimate of drug-likeness (QED) is 0.662. The molecule has 0 aliphatic rings. The molecular weight excluding hydrogens is 340 g/mol. The molecule has 1 atom stereocenters. The van der Waals surface area contributed by atoms with E-state index in [1.54, 1.807) is 21.3 Å². The molecule has 5 nitrogen and oxygen atoms in total. The number of rotatable bonds is 10. The Morgan fingerprint density at radius 2 is 1.56 bits per heavy atom. The Morgan fingerprint density at radius 1 is 0.889 bits per heavy atom. The van der Waals surface area contributed by atoms with Crippen molar-refractivity contribution in [1.29, 1.82) is 0 Å². The molecule has 27 heavy (non-hydrogen) atoms. The molecule has 0 saturated carbocycles. The lowest BCUT2D eigenvalue weighted by atomic mass is 10.0. The van der Waals surface area contributed by atoms with Gasteiger partial charge in [-0.2, -0.15) is 0 Å². The fourth-order valence-corrected chi connectivity index (χ4v) is 3.27. The van der Waals surface area contributed by atoms with Gasteiger partial charge >= 0.3 is 0 Å². The molecular formula is C22H32N2O3. The molecule has 1 unspecified atom stereocenters. The fraction of sp³-hybridized carbons (Fsp3) is 0.455. The summed E-state index contributed by atoms with van der Waals surface area (Å²) in [4.78, 5) is 0. The number of hydrogen-bond acceptors (Lipinski definition) is 5. The van der Waals surface area contributed by atoms with E-state index in [9.17, 15) is 0 Å². The second-order valence-corrected chi connectivity index (χ2v) is 7.26. The average Bonchev–Trinajstić information content (AvgIpc) is 2.67. The third kappa shape index (κ3) is 5.62. The maximum Gasteiger partial charge on any atom is 0.203 e. The van der Waals surface area contributed by atoms with E-state index in [-0.39, 0.29) is 11.6 Å². The monoisotopic (exact) mass is 372 g/mol. The van der Waals surface area contributed by atoms with Crippen LogP contribution in [0.5, 0.6) is 17.2 Å². The summed E-state index contributed by atoms with van der Waals surface area (Å²) in [5.74, 6) is 1.99. The zero-order valence-corrected chi connectivity index (χ0v) is 17.3. The van der Waals surface area contributed by atoms with Gasteiger partial charge in [-0.1, -0.05) is 36.4 Å². The van der Waals surface area contributed by atoms with Crippen molar-refractivity contribution in [2.75, 3.05) is 27.9 Å². The summed E-state index contributed by atoms with van der Waals surface area (Å²) in [5, 5.41) is 7.21. The second-order valence-electron chi connectivity index (χ2n) is 7.26. The van der Waals surface area contributed by atoms with Crippen LogP contribution in [0.2, 0.25) is 0 Å². The lowest BCUT2D eigenvalue weighted by Crippen LogP contribution is -2.48. The van der Waals surface area contributed by atoms with E-state index in [1.165, 1.54) is 5.56 Å². The number of methoxy groups -OCH3 is 3. The SMILES string of the molecule is COc1ccc(CNCC(C)(C)NC(C)c2ccccc2)c(OC)c1OC. The predicted octanol–water partition coefficient (Wildman–Crippen LogP) is 3.93. The maximum atomic E-state index is 5.55. The van der Waals surface area contributed by atoms with Crippen molar-refractivity contribution in [2.24, 2.45) is 0 Å². The molecule has 0 heterocycles. The van der Waals surface area contributed by atoms with Crippen LogP contribution in [0.25, 0.3) is 0 Å². The Balaban J connectivity index is 1.98. The van der Waals surface area contributed by atoms with E-state index in [0.29, 0.717) is 23.8 Å². The largest absolute Gasteiger partial charge is 0.493 e. The smallest absolute Gasteiger partial charge is 0.203 e. The summed E-state index contributed by atoms with van der Waals surface area (Å²) >= 11 is 0. The number of ether oxygens (including phenoxy) is 3. The Labute approximate surface area is 163 Å². The van der Waals surface area contributed by atoms with Gasteiger partial charge in [-0.15, -0.1) is 0 Å². The van der Waals surface area contributed by atoms with Crippen LogP contribution in [0.3, 0.4) is 0 Å². The zero-order valence-electron chi connectivity index (χ0n) is 17.3. The molecule has 0 spiro atoms. The first-order valence-electron chi connectivity index (χ1n) is 9.23. The summed E-state index contributed by atoms with van der Waals surface area (Å²) in [6.45, 7) is 8.07. The van der Waals surface area contributed by atoms with Gasteiger partial charge in [-0.25, -0.2) is 0 Å². The molecule has 148 valence electrons. The van der Waals surface area contributed by atoms with Crippen LogP contribution in [-0.4, -0.2) is 33.4 Å². The van der Waals surface area contributed by atoms with Crippen LogP contribution in [-0.2, 0) is 6.54 Å². The molecule has 0 saturated heterocycles.